The largest absolute Gasteiger partial charge is 0.468 e. The van der Waals surface area contributed by atoms with Crippen LogP contribution in [0.1, 0.15) is 25.7 Å². The van der Waals surface area contributed by atoms with Gasteiger partial charge in [-0.1, -0.05) is 17.7 Å². The van der Waals surface area contributed by atoms with Crippen LogP contribution in [-0.2, 0) is 20.8 Å². The second kappa shape index (κ2) is 10.0. The van der Waals surface area contributed by atoms with Gasteiger partial charge in [-0.2, -0.15) is 0 Å². The number of amides is 1. The molecule has 0 unspecified atom stereocenters. The molecule has 1 amide bonds. The Bertz CT molecular complexity index is 1180. The third-order valence-electron chi connectivity index (χ3n) is 4.47. The molecule has 0 fully saturated rings. The van der Waals surface area contributed by atoms with Gasteiger partial charge in [0.05, 0.1) is 42.7 Å². The number of aromatic nitrogens is 1. The van der Waals surface area contributed by atoms with E-state index in [2.05, 4.69) is 15.0 Å². The molecule has 0 bridgehead atoms. The molecule has 3 rings (SSSR count). The molecule has 0 aliphatic heterocycles. The first-order chi connectivity index (χ1) is 15.2. The summed E-state index contributed by atoms with van der Waals surface area (Å²) in [6.07, 6.45) is 0. The van der Waals surface area contributed by atoms with Crippen LogP contribution in [0.4, 0.5) is 10.1 Å². The van der Waals surface area contributed by atoms with Crippen molar-refractivity contribution in [2.75, 3.05) is 33.1 Å². The van der Waals surface area contributed by atoms with Gasteiger partial charge in [0, 0.05) is 11.9 Å². The number of esters is 2. The molecule has 32 heavy (non-hydrogen) atoms. The Hall–Kier alpha value is -3.08. The topological polar surface area (TPSA) is 97.8 Å². The number of thiophene rings is 1. The van der Waals surface area contributed by atoms with E-state index in [-0.39, 0.29) is 33.7 Å². The predicted molar refractivity (Wildman–Crippen MR) is 119 cm³/mol. The number of nitrogens with one attached hydrogen (secondary N) is 1. The predicted octanol–water partition coefficient (Wildman–Crippen LogP) is 3.73. The number of halogens is 2. The molecule has 168 valence electrons. The minimum atomic E-state index is -0.806. The molecule has 0 saturated carbocycles. The third-order valence-corrected chi connectivity index (χ3v) is 5.87. The van der Waals surface area contributed by atoms with E-state index in [9.17, 15) is 18.8 Å². The normalized spacial score (nSPS) is 10.9. The minimum absolute atomic E-state index is 0.0595. The molecule has 2 heterocycles. The van der Waals surface area contributed by atoms with E-state index in [1.165, 1.54) is 26.4 Å². The number of methoxy groups -OCH3 is 2. The lowest BCUT2D eigenvalue weighted by molar-refractivity contribution is -0.141. The highest BCUT2D eigenvalue weighted by atomic mass is 35.5. The molecule has 8 nitrogen and oxygen atoms in total. The molecule has 3 aromatic rings. The Morgan fingerprint density at radius 3 is 2.59 bits per heavy atom. The molecule has 1 N–H and O–H groups in total. The molecule has 0 radical (unpaired) electrons. The van der Waals surface area contributed by atoms with Crippen LogP contribution in [0, 0.1) is 5.82 Å². The number of carbonyl (C=O) groups excluding carboxylic acids is 3. The summed E-state index contributed by atoms with van der Waals surface area (Å²) in [6, 6.07) is 7.29. The van der Waals surface area contributed by atoms with Crippen molar-refractivity contribution in [3.05, 3.63) is 57.3 Å². The van der Waals surface area contributed by atoms with Gasteiger partial charge in [-0.3, -0.25) is 14.5 Å². The van der Waals surface area contributed by atoms with Gasteiger partial charge in [-0.05, 0) is 31.3 Å². The van der Waals surface area contributed by atoms with E-state index in [1.54, 1.807) is 24.1 Å². The number of carbonyl (C=O) groups is 3. The van der Waals surface area contributed by atoms with Gasteiger partial charge in [-0.25, -0.2) is 14.2 Å². The van der Waals surface area contributed by atoms with Gasteiger partial charge >= 0.3 is 11.9 Å². The van der Waals surface area contributed by atoms with E-state index < -0.39 is 17.7 Å². The highest BCUT2D eigenvalue weighted by Crippen LogP contribution is 2.36. The fourth-order valence-electron chi connectivity index (χ4n) is 2.97. The molecule has 1 aromatic carbocycles. The van der Waals surface area contributed by atoms with Crippen molar-refractivity contribution in [2.24, 2.45) is 0 Å². The number of benzene rings is 1. The SMILES string of the molecule is COC(=O)CN(C)Cc1ccc2c(NC(=O)c3c(F)cccc3Cl)c(C(=O)OC)sc2n1. The second-order valence-electron chi connectivity index (χ2n) is 6.75. The van der Waals surface area contributed by atoms with Crippen LogP contribution >= 0.6 is 22.9 Å². The standard InChI is InChI=1S/C21H19ClFN3O5S/c1-26(10-15(27)30-2)9-11-7-8-12-17(18(21(29)31-3)32-20(12)24-11)25-19(28)16-13(22)5-4-6-14(16)23/h4-8H,9-10H2,1-3H3,(H,25,28). The molecule has 2 aromatic heterocycles. The molecule has 0 atom stereocenters. The fourth-order valence-corrected chi connectivity index (χ4v) is 4.29. The zero-order chi connectivity index (χ0) is 23.4. The van der Waals surface area contributed by atoms with Crippen molar-refractivity contribution < 1.29 is 28.2 Å². The van der Waals surface area contributed by atoms with Crippen molar-refractivity contribution in [1.29, 1.82) is 0 Å². The van der Waals surface area contributed by atoms with Crippen LogP contribution in [0.15, 0.2) is 30.3 Å². The van der Waals surface area contributed by atoms with Gasteiger partial charge in [0.15, 0.2) is 0 Å². The number of ether oxygens (including phenoxy) is 2. The third kappa shape index (κ3) is 5.04. The monoisotopic (exact) mass is 479 g/mol. The number of likely N-dealkylation sites (N-methyl/N-ethyl adjacent to an activating group) is 1. The summed E-state index contributed by atoms with van der Waals surface area (Å²) in [5.74, 6) is -2.65. The Kier molecular flexibility index (Phi) is 7.39. The van der Waals surface area contributed by atoms with Crippen molar-refractivity contribution >= 4 is 56.7 Å². The zero-order valence-electron chi connectivity index (χ0n) is 17.4. The molecule has 0 spiro atoms. The fraction of sp³-hybridized carbons (Fsp3) is 0.238. The van der Waals surface area contributed by atoms with Crippen molar-refractivity contribution in [3.63, 3.8) is 0 Å². The zero-order valence-corrected chi connectivity index (χ0v) is 19.0. The molecule has 11 heteroatoms. The lowest BCUT2D eigenvalue weighted by Crippen LogP contribution is -2.26. The summed E-state index contributed by atoms with van der Waals surface area (Å²) in [4.78, 5) is 43.3. The number of hydrogen-bond donors (Lipinski definition) is 1. The Morgan fingerprint density at radius 2 is 1.94 bits per heavy atom. The highest BCUT2D eigenvalue weighted by molar-refractivity contribution is 7.21. The van der Waals surface area contributed by atoms with Crippen LogP contribution in [0.5, 0.6) is 0 Å². The summed E-state index contributed by atoms with van der Waals surface area (Å²) >= 11 is 7.01. The van der Waals surface area contributed by atoms with E-state index >= 15 is 0 Å². The summed E-state index contributed by atoms with van der Waals surface area (Å²) in [6.45, 7) is 0.432. The quantitative estimate of drug-likeness (QED) is 0.515. The molecule has 0 aliphatic carbocycles. The van der Waals surface area contributed by atoms with E-state index in [4.69, 9.17) is 16.3 Å². The van der Waals surface area contributed by atoms with Gasteiger partial charge < -0.3 is 14.8 Å². The number of rotatable bonds is 7. The smallest absolute Gasteiger partial charge is 0.350 e. The highest BCUT2D eigenvalue weighted by Gasteiger charge is 2.24. The van der Waals surface area contributed by atoms with Crippen LogP contribution < -0.4 is 5.32 Å². The molecular formula is C21H19ClFN3O5S. The Balaban J connectivity index is 1.97. The average molecular weight is 480 g/mol. The Labute approximate surface area is 191 Å². The maximum Gasteiger partial charge on any atom is 0.350 e. The number of fused-ring (bicyclic) bond motifs is 1. The first kappa shape index (κ1) is 23.6. The van der Waals surface area contributed by atoms with Crippen LogP contribution in [0.3, 0.4) is 0 Å². The summed E-state index contributed by atoms with van der Waals surface area (Å²) in [5, 5.41) is 3.00. The van der Waals surface area contributed by atoms with Gasteiger partial charge in [-0.15, -0.1) is 11.3 Å². The summed E-state index contributed by atoms with van der Waals surface area (Å²) in [5.41, 5.74) is 0.457. The Morgan fingerprint density at radius 1 is 1.19 bits per heavy atom. The van der Waals surface area contributed by atoms with E-state index in [1.807, 2.05) is 0 Å². The number of anilines is 1. The summed E-state index contributed by atoms with van der Waals surface area (Å²) in [7, 11) is 4.26. The lowest BCUT2D eigenvalue weighted by Gasteiger charge is -2.14. The van der Waals surface area contributed by atoms with E-state index in [0.717, 1.165) is 17.4 Å². The van der Waals surface area contributed by atoms with Gasteiger partial charge in [0.25, 0.3) is 5.91 Å². The van der Waals surface area contributed by atoms with Crippen LogP contribution in [-0.4, -0.2) is 55.5 Å². The second-order valence-corrected chi connectivity index (χ2v) is 8.16. The molecular weight excluding hydrogens is 461 g/mol. The molecule has 0 saturated heterocycles. The number of pyridine rings is 1. The molecule has 0 aliphatic rings. The van der Waals surface area contributed by atoms with Gasteiger partial charge in [0.1, 0.15) is 15.5 Å². The van der Waals surface area contributed by atoms with Gasteiger partial charge in [0.2, 0.25) is 0 Å². The first-order valence-electron chi connectivity index (χ1n) is 9.26. The van der Waals surface area contributed by atoms with Crippen molar-refractivity contribution in [3.8, 4) is 0 Å². The lowest BCUT2D eigenvalue weighted by atomic mass is 10.1. The maximum atomic E-state index is 14.2. The van der Waals surface area contributed by atoms with E-state index in [0.29, 0.717) is 22.5 Å². The summed E-state index contributed by atoms with van der Waals surface area (Å²) < 4.78 is 23.6. The first-order valence-corrected chi connectivity index (χ1v) is 10.5. The minimum Gasteiger partial charge on any atom is -0.468 e. The number of nitrogens with zero attached hydrogens (tertiary/aromatic N) is 2. The maximum absolute atomic E-state index is 14.2. The van der Waals surface area contributed by atoms with Crippen LogP contribution in [0.25, 0.3) is 10.2 Å². The van der Waals surface area contributed by atoms with Crippen molar-refractivity contribution in [2.45, 2.75) is 6.54 Å². The average Bonchev–Trinajstić information content (AvgIpc) is 3.10. The number of hydrogen-bond acceptors (Lipinski definition) is 8. The van der Waals surface area contributed by atoms with Crippen LogP contribution in [0.2, 0.25) is 5.02 Å². The van der Waals surface area contributed by atoms with Crippen molar-refractivity contribution in [1.82, 2.24) is 9.88 Å².